The standard InChI is InChI=1S/C20H23F3N4O2S/c1-12(13-7-3-2-4-8-13)26-27-19-25-18(29)16(30-19)11-17(28)24-15-10-6-5-9-14(15)20(21,22)23/h5-6,9-10,13,16H,2-4,7-8,11H2,1H3,(H,24,28)(H,25,27,29). The predicted octanol–water partition coefficient (Wildman–Crippen LogP) is 4.58. The van der Waals surface area contributed by atoms with Gasteiger partial charge in [-0.05, 0) is 37.8 Å². The summed E-state index contributed by atoms with van der Waals surface area (Å²) in [5, 5.41) is 12.7. The number of amides is 2. The molecule has 0 aromatic heterocycles. The van der Waals surface area contributed by atoms with E-state index in [1.165, 1.54) is 37.5 Å². The van der Waals surface area contributed by atoms with Crippen molar-refractivity contribution in [3.63, 3.8) is 0 Å². The smallest absolute Gasteiger partial charge is 0.325 e. The van der Waals surface area contributed by atoms with Crippen LogP contribution in [0.2, 0.25) is 0 Å². The lowest BCUT2D eigenvalue weighted by Crippen LogP contribution is -2.28. The summed E-state index contributed by atoms with van der Waals surface area (Å²) in [7, 11) is 0. The fourth-order valence-electron chi connectivity index (χ4n) is 3.52. The Morgan fingerprint density at radius 3 is 2.63 bits per heavy atom. The number of carbonyl (C=O) groups is 2. The van der Waals surface area contributed by atoms with E-state index in [0.717, 1.165) is 36.4 Å². The van der Waals surface area contributed by atoms with E-state index < -0.39 is 28.8 Å². The van der Waals surface area contributed by atoms with E-state index in [4.69, 9.17) is 0 Å². The molecule has 2 amide bonds. The van der Waals surface area contributed by atoms with E-state index in [1.54, 1.807) is 0 Å². The van der Waals surface area contributed by atoms with Crippen molar-refractivity contribution in [2.24, 2.45) is 16.1 Å². The highest BCUT2D eigenvalue weighted by Crippen LogP contribution is 2.35. The van der Waals surface area contributed by atoms with Crippen LogP contribution in [-0.2, 0) is 15.8 Å². The van der Waals surface area contributed by atoms with Crippen LogP contribution < -0.4 is 10.6 Å². The molecule has 10 heteroatoms. The van der Waals surface area contributed by atoms with E-state index in [9.17, 15) is 22.8 Å². The molecule has 2 fully saturated rings. The summed E-state index contributed by atoms with van der Waals surface area (Å²) in [6.45, 7) is 1.92. The van der Waals surface area contributed by atoms with Crippen LogP contribution in [0.25, 0.3) is 0 Å². The topological polar surface area (TPSA) is 82.9 Å². The van der Waals surface area contributed by atoms with Gasteiger partial charge >= 0.3 is 6.18 Å². The minimum Gasteiger partial charge on any atom is -0.325 e. The third kappa shape index (κ3) is 5.84. The molecular formula is C20H23F3N4O2S. The molecule has 162 valence electrons. The van der Waals surface area contributed by atoms with E-state index >= 15 is 0 Å². The average molecular weight is 440 g/mol. The Hall–Kier alpha value is -2.36. The number of carbonyl (C=O) groups excluding carboxylic acids is 2. The van der Waals surface area contributed by atoms with Crippen LogP contribution in [0.15, 0.2) is 34.5 Å². The summed E-state index contributed by atoms with van der Waals surface area (Å²) in [6, 6.07) is 4.72. The Bertz CT molecular complexity index is 864. The van der Waals surface area contributed by atoms with Crippen LogP contribution >= 0.6 is 11.8 Å². The van der Waals surface area contributed by atoms with Crippen molar-refractivity contribution < 1.29 is 22.8 Å². The number of benzene rings is 1. The second-order valence-corrected chi connectivity index (χ2v) is 8.56. The third-order valence-corrected chi connectivity index (χ3v) is 6.22. The quantitative estimate of drug-likeness (QED) is 0.519. The summed E-state index contributed by atoms with van der Waals surface area (Å²) in [6.07, 6.45) is 0.901. The molecule has 1 atom stereocenters. The lowest BCUT2D eigenvalue weighted by Gasteiger charge is -2.20. The van der Waals surface area contributed by atoms with Crippen molar-refractivity contribution in [2.75, 3.05) is 5.32 Å². The average Bonchev–Trinajstić information content (AvgIpc) is 3.05. The number of para-hydroxylation sites is 1. The lowest BCUT2D eigenvalue weighted by molar-refractivity contribution is -0.137. The molecule has 1 saturated heterocycles. The molecule has 1 saturated carbocycles. The first-order valence-electron chi connectivity index (χ1n) is 9.80. The first-order valence-corrected chi connectivity index (χ1v) is 10.7. The zero-order valence-corrected chi connectivity index (χ0v) is 17.3. The Morgan fingerprint density at radius 2 is 1.93 bits per heavy atom. The van der Waals surface area contributed by atoms with Gasteiger partial charge < -0.3 is 10.6 Å². The van der Waals surface area contributed by atoms with Gasteiger partial charge in [-0.3, -0.25) is 9.59 Å². The van der Waals surface area contributed by atoms with Crippen molar-refractivity contribution in [3.05, 3.63) is 29.8 Å². The SMILES string of the molecule is CC(=N/N=C1\NC(=O)C(CC(=O)Nc2ccccc2C(F)(F)F)S1)C1CCCCC1. The molecule has 1 heterocycles. The van der Waals surface area contributed by atoms with Gasteiger partial charge in [-0.2, -0.15) is 18.3 Å². The Labute approximate surface area is 176 Å². The van der Waals surface area contributed by atoms with Crippen molar-refractivity contribution in [1.82, 2.24) is 5.32 Å². The summed E-state index contributed by atoms with van der Waals surface area (Å²) in [5.41, 5.74) is -0.348. The first-order chi connectivity index (χ1) is 14.2. The largest absolute Gasteiger partial charge is 0.418 e. The second kappa shape index (κ2) is 9.63. The van der Waals surface area contributed by atoms with Crippen LogP contribution in [-0.4, -0.2) is 27.9 Å². The number of nitrogens with zero attached hydrogens (tertiary/aromatic N) is 2. The fraction of sp³-hybridized carbons (Fsp3) is 0.500. The summed E-state index contributed by atoms with van der Waals surface area (Å²) in [4.78, 5) is 24.4. The minimum absolute atomic E-state index is 0.271. The van der Waals surface area contributed by atoms with Gasteiger partial charge in [0, 0.05) is 12.1 Å². The molecule has 1 aliphatic carbocycles. The van der Waals surface area contributed by atoms with Crippen LogP contribution in [0.3, 0.4) is 0 Å². The Morgan fingerprint density at radius 1 is 1.23 bits per heavy atom. The fourth-order valence-corrected chi connectivity index (χ4v) is 4.44. The molecule has 0 radical (unpaired) electrons. The molecular weight excluding hydrogens is 417 g/mol. The molecule has 1 aliphatic heterocycles. The first kappa shape index (κ1) is 22.3. The zero-order valence-electron chi connectivity index (χ0n) is 16.5. The Kier molecular flexibility index (Phi) is 7.17. The van der Waals surface area contributed by atoms with Gasteiger partial charge in [0.2, 0.25) is 11.8 Å². The normalized spacial score (nSPS) is 22.3. The maximum absolute atomic E-state index is 13.1. The molecule has 1 unspecified atom stereocenters. The predicted molar refractivity (Wildman–Crippen MR) is 111 cm³/mol. The summed E-state index contributed by atoms with van der Waals surface area (Å²) < 4.78 is 39.2. The van der Waals surface area contributed by atoms with E-state index in [0.29, 0.717) is 11.1 Å². The van der Waals surface area contributed by atoms with Gasteiger partial charge in [-0.15, -0.1) is 5.10 Å². The van der Waals surface area contributed by atoms with Gasteiger partial charge in [-0.25, -0.2) is 0 Å². The molecule has 1 aromatic rings. The van der Waals surface area contributed by atoms with Gasteiger partial charge in [0.05, 0.1) is 11.3 Å². The van der Waals surface area contributed by atoms with Crippen LogP contribution in [0.4, 0.5) is 18.9 Å². The van der Waals surface area contributed by atoms with Gasteiger partial charge in [0.1, 0.15) is 5.25 Å². The van der Waals surface area contributed by atoms with Crippen LogP contribution in [0, 0.1) is 5.92 Å². The molecule has 2 aliphatic rings. The molecule has 30 heavy (non-hydrogen) atoms. The minimum atomic E-state index is -4.59. The van der Waals surface area contributed by atoms with Crippen molar-refractivity contribution in [1.29, 1.82) is 0 Å². The molecule has 2 N–H and O–H groups in total. The number of rotatable bonds is 5. The number of hydrogen-bond donors (Lipinski definition) is 2. The number of halogens is 3. The number of thioether (sulfide) groups is 1. The maximum atomic E-state index is 13.1. The van der Waals surface area contributed by atoms with Crippen LogP contribution in [0.5, 0.6) is 0 Å². The number of hydrogen-bond acceptors (Lipinski definition) is 5. The van der Waals surface area contributed by atoms with Gasteiger partial charge in [0.15, 0.2) is 5.17 Å². The highest BCUT2D eigenvalue weighted by atomic mass is 32.2. The number of nitrogens with one attached hydrogen (secondary N) is 2. The number of alkyl halides is 3. The van der Waals surface area contributed by atoms with Gasteiger partial charge in [-0.1, -0.05) is 43.2 Å². The lowest BCUT2D eigenvalue weighted by atomic mass is 9.86. The monoisotopic (exact) mass is 440 g/mol. The Balaban J connectivity index is 1.59. The van der Waals surface area contributed by atoms with Gasteiger partial charge in [0.25, 0.3) is 0 Å². The molecule has 3 rings (SSSR count). The third-order valence-electron chi connectivity index (χ3n) is 5.15. The number of amidine groups is 1. The van der Waals surface area contributed by atoms with E-state index in [-0.39, 0.29) is 12.1 Å². The van der Waals surface area contributed by atoms with Crippen molar-refractivity contribution in [3.8, 4) is 0 Å². The highest BCUT2D eigenvalue weighted by Gasteiger charge is 2.35. The summed E-state index contributed by atoms with van der Waals surface area (Å²) in [5.74, 6) is -0.688. The summed E-state index contributed by atoms with van der Waals surface area (Å²) >= 11 is 1.06. The van der Waals surface area contributed by atoms with E-state index in [2.05, 4.69) is 20.8 Å². The molecule has 0 spiro atoms. The second-order valence-electron chi connectivity index (χ2n) is 7.37. The van der Waals surface area contributed by atoms with Crippen LogP contribution in [0.1, 0.15) is 51.0 Å². The van der Waals surface area contributed by atoms with E-state index in [1.807, 2.05) is 6.92 Å². The van der Waals surface area contributed by atoms with Crippen molar-refractivity contribution in [2.45, 2.75) is 56.9 Å². The molecule has 0 bridgehead atoms. The molecule has 1 aromatic carbocycles. The zero-order chi connectivity index (χ0) is 21.7. The highest BCUT2D eigenvalue weighted by molar-refractivity contribution is 8.15. The van der Waals surface area contributed by atoms with Crippen molar-refractivity contribution >= 4 is 40.1 Å². The number of anilines is 1. The molecule has 6 nitrogen and oxygen atoms in total. The maximum Gasteiger partial charge on any atom is 0.418 e.